The van der Waals surface area contributed by atoms with Crippen molar-refractivity contribution in [2.75, 3.05) is 31.3 Å². The molecule has 0 aliphatic heterocycles. The second kappa shape index (κ2) is 4.20. The maximum Gasteiger partial charge on any atom is 0.167 e. The Hall–Kier alpha value is -1.45. The number of ether oxygens (including phenoxy) is 1. The van der Waals surface area contributed by atoms with E-state index in [2.05, 4.69) is 4.90 Å². The summed E-state index contributed by atoms with van der Waals surface area (Å²) < 4.78 is 18.3. The average Bonchev–Trinajstić information content (AvgIpc) is 3.01. The highest BCUT2D eigenvalue weighted by Gasteiger charge is 2.24. The first kappa shape index (κ1) is 11.0. The molecule has 1 aliphatic carbocycles. The molecule has 16 heavy (non-hydrogen) atoms. The van der Waals surface area contributed by atoms with Crippen molar-refractivity contribution in [3.8, 4) is 5.75 Å². The van der Waals surface area contributed by atoms with Crippen LogP contribution in [0.2, 0.25) is 0 Å². The standard InChI is InChI=1S/C12H17FN2O/c1-15(7-8-3-4-8)11-6-12(16-2)9(13)5-10(11)14/h5-6,8H,3-4,7,14H2,1-2H3. The molecule has 1 aromatic carbocycles. The summed E-state index contributed by atoms with van der Waals surface area (Å²) in [6.45, 7) is 0.971. The third-order valence-electron chi connectivity index (χ3n) is 2.94. The maximum absolute atomic E-state index is 13.3. The summed E-state index contributed by atoms with van der Waals surface area (Å²) in [6.07, 6.45) is 2.56. The van der Waals surface area contributed by atoms with E-state index in [0.717, 1.165) is 18.2 Å². The Labute approximate surface area is 95.0 Å². The first-order chi connectivity index (χ1) is 7.61. The molecular weight excluding hydrogens is 207 g/mol. The van der Waals surface area contributed by atoms with Gasteiger partial charge in [0.2, 0.25) is 0 Å². The van der Waals surface area contributed by atoms with Crippen LogP contribution in [0.25, 0.3) is 0 Å². The van der Waals surface area contributed by atoms with Gasteiger partial charge in [-0.05, 0) is 18.8 Å². The van der Waals surface area contributed by atoms with E-state index in [0.29, 0.717) is 5.69 Å². The minimum atomic E-state index is -0.413. The van der Waals surface area contributed by atoms with E-state index < -0.39 is 5.82 Å². The third-order valence-corrected chi connectivity index (χ3v) is 2.94. The third kappa shape index (κ3) is 2.21. The number of halogens is 1. The van der Waals surface area contributed by atoms with Gasteiger partial charge in [0.15, 0.2) is 11.6 Å². The van der Waals surface area contributed by atoms with Gasteiger partial charge in [-0.15, -0.1) is 0 Å². The smallest absolute Gasteiger partial charge is 0.167 e. The fraction of sp³-hybridized carbons (Fsp3) is 0.500. The highest BCUT2D eigenvalue weighted by Crippen LogP contribution is 2.34. The van der Waals surface area contributed by atoms with Crippen LogP contribution in [-0.2, 0) is 0 Å². The topological polar surface area (TPSA) is 38.5 Å². The molecule has 0 spiro atoms. The van der Waals surface area contributed by atoms with Crippen LogP contribution in [0.4, 0.5) is 15.8 Å². The lowest BCUT2D eigenvalue weighted by atomic mass is 10.2. The van der Waals surface area contributed by atoms with Crippen LogP contribution in [-0.4, -0.2) is 20.7 Å². The number of hydrogen-bond donors (Lipinski definition) is 1. The molecule has 1 fully saturated rings. The largest absolute Gasteiger partial charge is 0.494 e. The monoisotopic (exact) mass is 224 g/mol. The van der Waals surface area contributed by atoms with Gasteiger partial charge >= 0.3 is 0 Å². The molecule has 2 N–H and O–H groups in total. The van der Waals surface area contributed by atoms with E-state index in [1.165, 1.54) is 26.0 Å². The normalized spacial score (nSPS) is 14.9. The average molecular weight is 224 g/mol. The van der Waals surface area contributed by atoms with Gasteiger partial charge in [-0.1, -0.05) is 0 Å². The number of nitrogens with two attached hydrogens (primary N) is 1. The zero-order valence-electron chi connectivity index (χ0n) is 9.66. The van der Waals surface area contributed by atoms with Crippen molar-refractivity contribution in [1.29, 1.82) is 0 Å². The zero-order valence-corrected chi connectivity index (χ0v) is 9.66. The highest BCUT2D eigenvalue weighted by atomic mass is 19.1. The van der Waals surface area contributed by atoms with Crippen molar-refractivity contribution in [1.82, 2.24) is 0 Å². The highest BCUT2D eigenvalue weighted by molar-refractivity contribution is 5.69. The number of benzene rings is 1. The minimum Gasteiger partial charge on any atom is -0.494 e. The molecule has 0 radical (unpaired) electrons. The van der Waals surface area contributed by atoms with Gasteiger partial charge in [-0.25, -0.2) is 4.39 Å². The molecule has 2 rings (SSSR count). The lowest BCUT2D eigenvalue weighted by Gasteiger charge is -2.21. The molecule has 3 nitrogen and oxygen atoms in total. The van der Waals surface area contributed by atoms with Gasteiger partial charge in [0, 0.05) is 25.7 Å². The predicted molar refractivity (Wildman–Crippen MR) is 63.4 cm³/mol. The van der Waals surface area contributed by atoms with E-state index >= 15 is 0 Å². The molecule has 0 aromatic heterocycles. The van der Waals surface area contributed by atoms with Gasteiger partial charge in [0.1, 0.15) is 0 Å². The molecule has 0 heterocycles. The van der Waals surface area contributed by atoms with E-state index in [9.17, 15) is 4.39 Å². The van der Waals surface area contributed by atoms with Crippen molar-refractivity contribution < 1.29 is 9.13 Å². The lowest BCUT2D eigenvalue weighted by molar-refractivity contribution is 0.387. The van der Waals surface area contributed by atoms with Crippen molar-refractivity contribution in [2.45, 2.75) is 12.8 Å². The van der Waals surface area contributed by atoms with Crippen molar-refractivity contribution >= 4 is 11.4 Å². The summed E-state index contributed by atoms with van der Waals surface area (Å²) in [5, 5.41) is 0. The van der Waals surface area contributed by atoms with Gasteiger partial charge in [-0.2, -0.15) is 0 Å². The Morgan fingerprint density at radius 2 is 2.19 bits per heavy atom. The number of hydrogen-bond acceptors (Lipinski definition) is 3. The second-order valence-electron chi connectivity index (χ2n) is 4.37. The van der Waals surface area contributed by atoms with Gasteiger partial charge in [-0.3, -0.25) is 0 Å². The molecule has 0 unspecified atom stereocenters. The quantitative estimate of drug-likeness (QED) is 0.797. The van der Waals surface area contributed by atoms with Gasteiger partial charge < -0.3 is 15.4 Å². The van der Waals surface area contributed by atoms with Crippen LogP contribution >= 0.6 is 0 Å². The minimum absolute atomic E-state index is 0.242. The van der Waals surface area contributed by atoms with E-state index in [-0.39, 0.29) is 5.75 Å². The second-order valence-corrected chi connectivity index (χ2v) is 4.37. The molecular formula is C12H17FN2O. The first-order valence-corrected chi connectivity index (χ1v) is 5.46. The Kier molecular flexibility index (Phi) is 2.90. The molecule has 0 atom stereocenters. The van der Waals surface area contributed by atoms with Crippen LogP contribution in [0.1, 0.15) is 12.8 Å². The van der Waals surface area contributed by atoms with E-state index in [1.807, 2.05) is 7.05 Å². The van der Waals surface area contributed by atoms with Crippen LogP contribution in [0.3, 0.4) is 0 Å². The number of nitrogens with zero attached hydrogens (tertiary/aromatic N) is 1. The number of anilines is 2. The van der Waals surface area contributed by atoms with Crippen molar-refractivity contribution in [3.63, 3.8) is 0 Å². The SMILES string of the molecule is COc1cc(N(C)CC2CC2)c(N)cc1F. The zero-order chi connectivity index (χ0) is 11.7. The molecule has 1 aliphatic rings. The molecule has 0 saturated heterocycles. The summed E-state index contributed by atoms with van der Waals surface area (Å²) in [6, 6.07) is 2.98. The molecule has 0 amide bonds. The molecule has 1 aromatic rings. The van der Waals surface area contributed by atoms with Crippen molar-refractivity contribution in [3.05, 3.63) is 17.9 Å². The van der Waals surface area contributed by atoms with Gasteiger partial charge in [0.05, 0.1) is 18.5 Å². The molecule has 0 bridgehead atoms. The fourth-order valence-corrected chi connectivity index (χ4v) is 1.83. The van der Waals surface area contributed by atoms with Crippen LogP contribution < -0.4 is 15.4 Å². The first-order valence-electron chi connectivity index (χ1n) is 5.46. The summed E-state index contributed by atoms with van der Waals surface area (Å²) >= 11 is 0. The van der Waals surface area contributed by atoms with Crippen LogP contribution in [0.15, 0.2) is 12.1 Å². The Morgan fingerprint density at radius 3 is 2.75 bits per heavy atom. The van der Waals surface area contributed by atoms with E-state index in [1.54, 1.807) is 6.07 Å². The molecule has 4 heteroatoms. The van der Waals surface area contributed by atoms with Crippen molar-refractivity contribution in [2.24, 2.45) is 5.92 Å². The van der Waals surface area contributed by atoms with E-state index in [4.69, 9.17) is 10.5 Å². The summed E-state index contributed by atoms with van der Waals surface area (Å²) in [4.78, 5) is 2.06. The maximum atomic E-state index is 13.3. The fourth-order valence-electron chi connectivity index (χ4n) is 1.83. The predicted octanol–water partition coefficient (Wildman–Crippen LogP) is 2.26. The summed E-state index contributed by atoms with van der Waals surface area (Å²) in [5.74, 6) is 0.593. The summed E-state index contributed by atoms with van der Waals surface area (Å²) in [5.41, 5.74) is 7.10. The van der Waals surface area contributed by atoms with Gasteiger partial charge in [0.25, 0.3) is 0 Å². The number of nitrogen functional groups attached to an aromatic ring is 1. The van der Waals surface area contributed by atoms with Crippen LogP contribution in [0.5, 0.6) is 5.75 Å². The summed E-state index contributed by atoms with van der Waals surface area (Å²) in [7, 11) is 3.43. The van der Waals surface area contributed by atoms with Crippen LogP contribution in [0, 0.1) is 11.7 Å². The lowest BCUT2D eigenvalue weighted by Crippen LogP contribution is -2.21. The number of rotatable bonds is 4. The molecule has 88 valence electrons. The molecule has 1 saturated carbocycles. The Balaban J connectivity index is 2.23. The number of methoxy groups -OCH3 is 1. The Bertz CT molecular complexity index is 391. The Morgan fingerprint density at radius 1 is 1.50 bits per heavy atom.